The highest BCUT2D eigenvalue weighted by molar-refractivity contribution is 7.99. The lowest BCUT2D eigenvalue weighted by atomic mass is 9.92. The highest BCUT2D eigenvalue weighted by Crippen LogP contribution is 2.43. The van der Waals surface area contributed by atoms with Crippen LogP contribution in [0.15, 0.2) is 0 Å². The number of aliphatic hydroxyl groups excluding tert-OH is 2. The van der Waals surface area contributed by atoms with Crippen LogP contribution in [-0.2, 0) is 18.6 Å². The third-order valence-corrected chi connectivity index (χ3v) is 7.13. The summed E-state index contributed by atoms with van der Waals surface area (Å²) in [6.45, 7) is 1.22. The molecule has 0 aromatic heterocycles. The van der Waals surface area contributed by atoms with Gasteiger partial charge in [0.1, 0.15) is 29.9 Å². The van der Waals surface area contributed by atoms with Gasteiger partial charge < -0.3 is 30.1 Å². The highest BCUT2D eigenvalue weighted by Gasteiger charge is 2.51. The van der Waals surface area contributed by atoms with Crippen LogP contribution in [0, 0.1) is 5.92 Å². The van der Waals surface area contributed by atoms with Crippen LogP contribution in [0.4, 0.5) is 0 Å². The van der Waals surface area contributed by atoms with Gasteiger partial charge in [0.25, 0.3) is 0 Å². The van der Waals surface area contributed by atoms with Gasteiger partial charge in [-0.3, -0.25) is 14.2 Å². The number of halogens is 1. The van der Waals surface area contributed by atoms with E-state index in [1.54, 1.807) is 6.26 Å². The Balaban J connectivity index is 2.24. The number of amides is 1. The van der Waals surface area contributed by atoms with Crippen LogP contribution in [0.25, 0.3) is 0 Å². The van der Waals surface area contributed by atoms with Crippen molar-refractivity contribution >= 4 is 37.1 Å². The van der Waals surface area contributed by atoms with Gasteiger partial charge in [0, 0.05) is 10.7 Å². The van der Waals surface area contributed by atoms with Crippen LogP contribution >= 0.6 is 31.2 Å². The van der Waals surface area contributed by atoms with Gasteiger partial charge in [-0.05, 0) is 32.5 Å². The van der Waals surface area contributed by atoms with Crippen molar-refractivity contribution < 1.29 is 42.7 Å². The summed E-state index contributed by atoms with van der Waals surface area (Å²) in [5.74, 6) is -0.572. The molecule has 0 bridgehead atoms. The molecule has 10 nitrogen and oxygen atoms in total. The Morgan fingerprint density at radius 3 is 2.63 bits per heavy atom. The van der Waals surface area contributed by atoms with Crippen molar-refractivity contribution in [2.75, 3.05) is 19.8 Å². The molecule has 0 unspecified atom stereocenters. The zero-order valence-electron chi connectivity index (χ0n) is 19.9. The number of likely N-dealkylation sites (tertiary alicyclic amines) is 1. The van der Waals surface area contributed by atoms with Gasteiger partial charge in [-0.1, -0.05) is 13.3 Å². The van der Waals surface area contributed by atoms with E-state index in [0.29, 0.717) is 12.8 Å². The topological polar surface area (TPSA) is 149 Å². The molecule has 9 atom stereocenters. The molecule has 2 aliphatic rings. The van der Waals surface area contributed by atoms with E-state index >= 15 is 0 Å². The summed E-state index contributed by atoms with van der Waals surface area (Å²) < 4.78 is 44.9. The number of ether oxygens (including phenoxy) is 1. The van der Waals surface area contributed by atoms with Crippen LogP contribution in [0.3, 0.4) is 0 Å². The Kier molecular flexibility index (Phi) is 7.87. The van der Waals surface area contributed by atoms with Gasteiger partial charge in [-0.25, -0.2) is 4.57 Å². The van der Waals surface area contributed by atoms with E-state index in [2.05, 4.69) is 9.84 Å². The van der Waals surface area contributed by atoms with Crippen molar-refractivity contribution in [3.8, 4) is 0 Å². The van der Waals surface area contributed by atoms with E-state index in [4.69, 9.17) is 30.2 Å². The molecular formula is C17H32ClN2O8PS. The number of aliphatic hydroxyl groups is 2. The van der Waals surface area contributed by atoms with Crippen LogP contribution in [0.2, 0.25) is 0 Å². The molecule has 2 fully saturated rings. The average Bonchev–Trinajstić information content (AvgIpc) is 3.14. The zero-order chi connectivity index (χ0) is 25.3. The van der Waals surface area contributed by atoms with Crippen molar-refractivity contribution in [1.29, 1.82) is 0 Å². The smallest absolute Gasteiger partial charge is 0.388 e. The van der Waals surface area contributed by atoms with Crippen LogP contribution < -0.4 is 5.32 Å². The molecule has 176 valence electrons. The van der Waals surface area contributed by atoms with Crippen molar-refractivity contribution in [1.82, 2.24) is 10.2 Å². The van der Waals surface area contributed by atoms with E-state index < -0.39 is 68.0 Å². The zero-order valence-corrected chi connectivity index (χ0v) is 19.4. The van der Waals surface area contributed by atoms with Crippen LogP contribution in [-0.4, -0.2) is 97.9 Å². The van der Waals surface area contributed by atoms with E-state index in [1.165, 1.54) is 6.92 Å². The number of carbonyl (C=O) groups excluding carboxylic acids is 1. The number of rotatable bonds is 8. The largest absolute Gasteiger partial charge is 0.470 e. The van der Waals surface area contributed by atoms with E-state index in [-0.39, 0.29) is 12.5 Å². The van der Waals surface area contributed by atoms with Crippen molar-refractivity contribution in [2.24, 2.45) is 5.92 Å². The SMILES string of the molecule is [2H]C([2H])([2H])N1C[C@H](CC)C[C@H]1C(=O)N[C@@H]([C@H]1O[C@H](SC)[C@H](OP(=O)(O)O)[C@@H](O)[C@H]1O)[C@@H](C)Cl. The molecule has 13 heteroatoms. The number of thioether (sulfide) groups is 1. The number of alkyl halides is 1. The molecule has 0 aliphatic carbocycles. The first-order chi connectivity index (χ1) is 15.1. The molecule has 0 aromatic carbocycles. The monoisotopic (exact) mass is 493 g/mol. The van der Waals surface area contributed by atoms with Gasteiger partial charge in [0.05, 0.1) is 17.5 Å². The average molecular weight is 494 g/mol. The van der Waals surface area contributed by atoms with Crippen molar-refractivity contribution in [2.45, 2.75) is 74.0 Å². The Morgan fingerprint density at radius 1 is 1.47 bits per heavy atom. The number of nitrogens with one attached hydrogen (secondary N) is 1. The summed E-state index contributed by atoms with van der Waals surface area (Å²) >= 11 is 7.27. The summed E-state index contributed by atoms with van der Waals surface area (Å²) in [5.41, 5.74) is -1.09. The predicted molar refractivity (Wildman–Crippen MR) is 113 cm³/mol. The first kappa shape index (κ1) is 21.9. The second-order valence-corrected chi connectivity index (χ2v) is 10.5. The Hall–Kier alpha value is 0.0600. The van der Waals surface area contributed by atoms with Crippen LogP contribution in [0.5, 0.6) is 0 Å². The number of carbonyl (C=O) groups is 1. The normalized spacial score (nSPS) is 39.6. The van der Waals surface area contributed by atoms with Gasteiger partial charge >= 0.3 is 7.82 Å². The molecular weight excluding hydrogens is 459 g/mol. The fraction of sp³-hybridized carbons (Fsp3) is 0.941. The molecule has 1 amide bonds. The van der Waals surface area contributed by atoms with Gasteiger partial charge in [-0.15, -0.1) is 23.4 Å². The maximum atomic E-state index is 13.1. The molecule has 0 saturated carbocycles. The number of hydrogen-bond donors (Lipinski definition) is 5. The quantitative estimate of drug-likeness (QED) is 0.233. The van der Waals surface area contributed by atoms with E-state index in [0.717, 1.165) is 16.7 Å². The van der Waals surface area contributed by atoms with Gasteiger partial charge in [0.15, 0.2) is 0 Å². The molecule has 2 rings (SSSR count). The third kappa shape index (κ3) is 6.31. The first-order valence-corrected chi connectivity index (χ1v) is 12.9. The Bertz CT molecular complexity index is 731. The Morgan fingerprint density at radius 2 is 2.13 bits per heavy atom. The molecule has 2 saturated heterocycles. The Labute approximate surface area is 190 Å². The number of likely N-dealkylation sites (N-methyl/N-ethyl adjacent to an activating group) is 1. The molecule has 30 heavy (non-hydrogen) atoms. The third-order valence-electron chi connectivity index (χ3n) is 5.50. The van der Waals surface area contributed by atoms with E-state index in [9.17, 15) is 19.6 Å². The first-order valence-electron chi connectivity index (χ1n) is 11.1. The number of phosphoric acid groups is 1. The summed E-state index contributed by atoms with van der Waals surface area (Å²) in [6.07, 6.45) is -3.65. The highest BCUT2D eigenvalue weighted by atomic mass is 35.5. The standard InChI is InChI=1S/C17H32ClN2O8PS/c1-5-9-6-10(20(3)7-9)16(23)19-11(8(2)18)14-12(21)13(22)15(17(27-14)30-4)28-29(24,25)26/h8-15,17,21-22H,5-7H2,1-4H3,(H,19,23)(H2,24,25,26)/t8-,9-,10+,11-,12-,13+,14-,15-,17-/m1/s1/i3D3. The summed E-state index contributed by atoms with van der Waals surface area (Å²) in [5, 5.41) is 23.0. The molecule has 0 aromatic rings. The number of phosphoric ester groups is 1. The summed E-state index contributed by atoms with van der Waals surface area (Å²) in [4.78, 5) is 32.5. The molecule has 2 heterocycles. The number of hydrogen-bond acceptors (Lipinski definition) is 8. The summed E-state index contributed by atoms with van der Waals surface area (Å²) in [7, 11) is -5.00. The lowest BCUT2D eigenvalue weighted by molar-refractivity contribution is -0.201. The van der Waals surface area contributed by atoms with E-state index in [1.807, 2.05) is 6.92 Å². The lowest BCUT2D eigenvalue weighted by Crippen LogP contribution is -2.65. The van der Waals surface area contributed by atoms with Crippen LogP contribution in [0.1, 0.15) is 30.8 Å². The summed E-state index contributed by atoms with van der Waals surface area (Å²) in [6, 6.07) is -1.98. The maximum Gasteiger partial charge on any atom is 0.470 e. The van der Waals surface area contributed by atoms with Gasteiger partial charge in [-0.2, -0.15) is 0 Å². The molecule has 5 N–H and O–H groups in total. The minimum absolute atomic E-state index is 0.0258. The van der Waals surface area contributed by atoms with Crippen molar-refractivity contribution in [3.05, 3.63) is 0 Å². The fourth-order valence-electron chi connectivity index (χ4n) is 3.81. The second-order valence-electron chi connectivity index (χ2n) is 7.64. The van der Waals surface area contributed by atoms with Crippen molar-refractivity contribution in [3.63, 3.8) is 0 Å². The fourth-order valence-corrected chi connectivity index (χ4v) is 5.37. The predicted octanol–water partition coefficient (Wildman–Crippen LogP) is 0.116. The lowest BCUT2D eigenvalue weighted by Gasteiger charge is -2.45. The molecule has 0 radical (unpaired) electrons. The maximum absolute atomic E-state index is 13.1. The molecule has 0 spiro atoms. The second kappa shape index (κ2) is 10.8. The molecule has 2 aliphatic heterocycles. The minimum atomic E-state index is -5.00. The number of nitrogens with zero attached hydrogens (tertiary/aromatic N) is 1. The minimum Gasteiger partial charge on any atom is -0.388 e. The van der Waals surface area contributed by atoms with Gasteiger partial charge in [0.2, 0.25) is 5.91 Å².